The normalized spacial score (nSPS) is 15.2. The number of para-hydroxylation sites is 1. The van der Waals surface area contributed by atoms with Gasteiger partial charge in [0.2, 0.25) is 5.91 Å². The molecule has 0 aromatic heterocycles. The number of anilines is 1. The summed E-state index contributed by atoms with van der Waals surface area (Å²) >= 11 is 0. The Kier molecular flexibility index (Phi) is 5.44. The SMILES string of the molecule is CC1=C(C)C(=O)C(CCCC(=O)Nc2ccccc2F)=C(C)C1=O. The second-order valence-electron chi connectivity index (χ2n) is 5.89. The molecule has 1 N–H and O–H groups in total. The first-order chi connectivity index (χ1) is 11.3. The van der Waals surface area contributed by atoms with Gasteiger partial charge in [-0.1, -0.05) is 12.1 Å². The zero-order valence-corrected chi connectivity index (χ0v) is 14.0. The van der Waals surface area contributed by atoms with Crippen LogP contribution >= 0.6 is 0 Å². The Hall–Kier alpha value is -2.56. The van der Waals surface area contributed by atoms with E-state index < -0.39 is 5.82 Å². The summed E-state index contributed by atoms with van der Waals surface area (Å²) in [6, 6.07) is 5.94. The van der Waals surface area contributed by atoms with Gasteiger partial charge in [0.1, 0.15) is 5.82 Å². The third-order valence-electron chi connectivity index (χ3n) is 4.29. The average Bonchev–Trinajstić information content (AvgIpc) is 2.56. The molecule has 4 nitrogen and oxygen atoms in total. The largest absolute Gasteiger partial charge is 0.324 e. The first kappa shape index (κ1) is 17.8. The number of hydrogen-bond donors (Lipinski definition) is 1. The van der Waals surface area contributed by atoms with E-state index in [9.17, 15) is 18.8 Å². The smallest absolute Gasteiger partial charge is 0.224 e. The fourth-order valence-corrected chi connectivity index (χ4v) is 2.66. The van der Waals surface area contributed by atoms with E-state index in [0.29, 0.717) is 35.1 Å². The minimum Gasteiger partial charge on any atom is -0.324 e. The predicted octanol–water partition coefficient (Wildman–Crippen LogP) is 3.74. The second kappa shape index (κ2) is 7.34. The maximum Gasteiger partial charge on any atom is 0.224 e. The third-order valence-corrected chi connectivity index (χ3v) is 4.29. The summed E-state index contributed by atoms with van der Waals surface area (Å²) in [6.45, 7) is 4.94. The molecule has 5 heteroatoms. The van der Waals surface area contributed by atoms with Crippen molar-refractivity contribution < 1.29 is 18.8 Å². The van der Waals surface area contributed by atoms with Gasteiger partial charge in [-0.15, -0.1) is 0 Å². The van der Waals surface area contributed by atoms with Crippen molar-refractivity contribution in [2.75, 3.05) is 5.32 Å². The summed E-state index contributed by atoms with van der Waals surface area (Å²) in [5.74, 6) is -1.05. The molecule has 0 unspecified atom stereocenters. The first-order valence-electron chi connectivity index (χ1n) is 7.84. The molecule has 0 aliphatic heterocycles. The molecule has 0 spiro atoms. The van der Waals surface area contributed by atoms with Crippen molar-refractivity contribution in [3.05, 3.63) is 52.4 Å². The summed E-state index contributed by atoms with van der Waals surface area (Å²) in [6.07, 6.45) is 0.915. The van der Waals surface area contributed by atoms with Gasteiger partial charge in [0.25, 0.3) is 0 Å². The van der Waals surface area contributed by atoms with Crippen molar-refractivity contribution in [1.82, 2.24) is 0 Å². The molecule has 126 valence electrons. The van der Waals surface area contributed by atoms with Gasteiger partial charge in [-0.3, -0.25) is 14.4 Å². The topological polar surface area (TPSA) is 63.2 Å². The number of ketones is 2. The molecule has 1 amide bonds. The minimum absolute atomic E-state index is 0.113. The van der Waals surface area contributed by atoms with Crippen LogP contribution in [0.1, 0.15) is 40.0 Å². The molecule has 1 aromatic rings. The molecule has 0 fully saturated rings. The van der Waals surface area contributed by atoms with Crippen LogP contribution in [0.15, 0.2) is 46.6 Å². The number of allylic oxidation sites excluding steroid dienone is 4. The molecule has 1 aliphatic rings. The second-order valence-corrected chi connectivity index (χ2v) is 5.89. The van der Waals surface area contributed by atoms with E-state index in [2.05, 4.69) is 5.32 Å². The van der Waals surface area contributed by atoms with Crippen molar-refractivity contribution in [3.8, 4) is 0 Å². The summed E-state index contributed by atoms with van der Waals surface area (Å²) < 4.78 is 13.5. The molecule has 0 atom stereocenters. The Bertz CT molecular complexity index is 775. The number of hydrogen-bond acceptors (Lipinski definition) is 3. The lowest BCUT2D eigenvalue weighted by Crippen LogP contribution is -2.21. The summed E-state index contributed by atoms with van der Waals surface area (Å²) in [5, 5.41) is 2.50. The quantitative estimate of drug-likeness (QED) is 0.837. The van der Waals surface area contributed by atoms with Gasteiger partial charge < -0.3 is 5.32 Å². The Morgan fingerprint density at radius 1 is 1.00 bits per heavy atom. The molecule has 0 heterocycles. The Balaban J connectivity index is 1.95. The number of halogens is 1. The number of carbonyl (C=O) groups excluding carboxylic acids is 3. The van der Waals surface area contributed by atoms with Crippen LogP contribution in [-0.2, 0) is 14.4 Å². The van der Waals surface area contributed by atoms with Crippen molar-refractivity contribution >= 4 is 23.2 Å². The van der Waals surface area contributed by atoms with Gasteiger partial charge in [0.15, 0.2) is 11.6 Å². The van der Waals surface area contributed by atoms with E-state index in [-0.39, 0.29) is 29.6 Å². The van der Waals surface area contributed by atoms with Crippen LogP contribution in [-0.4, -0.2) is 17.5 Å². The van der Waals surface area contributed by atoms with E-state index in [1.807, 2.05) is 0 Å². The highest BCUT2D eigenvalue weighted by atomic mass is 19.1. The zero-order chi connectivity index (χ0) is 17.9. The fourth-order valence-electron chi connectivity index (χ4n) is 2.66. The van der Waals surface area contributed by atoms with Crippen molar-refractivity contribution in [3.63, 3.8) is 0 Å². The molecule has 1 aliphatic carbocycles. The van der Waals surface area contributed by atoms with Crippen LogP contribution in [0.2, 0.25) is 0 Å². The van der Waals surface area contributed by atoms with Crippen molar-refractivity contribution in [1.29, 1.82) is 0 Å². The maximum absolute atomic E-state index is 13.5. The highest BCUT2D eigenvalue weighted by molar-refractivity contribution is 6.24. The van der Waals surface area contributed by atoms with Gasteiger partial charge in [-0.25, -0.2) is 4.39 Å². The summed E-state index contributed by atoms with van der Waals surface area (Å²) in [7, 11) is 0. The first-order valence-corrected chi connectivity index (χ1v) is 7.84. The predicted molar refractivity (Wildman–Crippen MR) is 90.0 cm³/mol. The van der Waals surface area contributed by atoms with E-state index in [1.165, 1.54) is 12.1 Å². The lowest BCUT2D eigenvalue weighted by atomic mass is 9.84. The standard InChI is InChI=1S/C19H20FNO3/c1-11-12(2)19(24)14(13(3)18(11)23)7-6-10-17(22)21-16-9-5-4-8-15(16)20/h4-5,8-9H,6-7,10H2,1-3H3,(H,21,22). The number of amides is 1. The molecular weight excluding hydrogens is 309 g/mol. The third kappa shape index (κ3) is 3.67. The van der Waals surface area contributed by atoms with Crippen LogP contribution in [0.25, 0.3) is 0 Å². The van der Waals surface area contributed by atoms with E-state index in [1.54, 1.807) is 32.9 Å². The van der Waals surface area contributed by atoms with E-state index in [4.69, 9.17) is 0 Å². The Morgan fingerprint density at radius 2 is 1.62 bits per heavy atom. The molecule has 1 aromatic carbocycles. The molecule has 0 bridgehead atoms. The van der Waals surface area contributed by atoms with Crippen LogP contribution in [0.4, 0.5) is 10.1 Å². The molecule has 0 saturated heterocycles. The average molecular weight is 329 g/mol. The number of rotatable bonds is 5. The Labute approximate surface area is 140 Å². The Morgan fingerprint density at radius 3 is 2.29 bits per heavy atom. The summed E-state index contributed by atoms with van der Waals surface area (Å²) in [4.78, 5) is 36.3. The van der Waals surface area contributed by atoms with Crippen LogP contribution < -0.4 is 5.32 Å². The van der Waals surface area contributed by atoms with Crippen LogP contribution in [0.3, 0.4) is 0 Å². The van der Waals surface area contributed by atoms with Crippen LogP contribution in [0, 0.1) is 5.82 Å². The van der Waals surface area contributed by atoms with E-state index in [0.717, 1.165) is 0 Å². The number of nitrogens with one attached hydrogen (secondary N) is 1. The summed E-state index contributed by atoms with van der Waals surface area (Å²) in [5.41, 5.74) is 2.02. The number of benzene rings is 1. The van der Waals surface area contributed by atoms with Gasteiger partial charge in [-0.05, 0) is 45.7 Å². The minimum atomic E-state index is -0.492. The maximum atomic E-state index is 13.5. The lowest BCUT2D eigenvalue weighted by molar-refractivity contribution is -0.117. The van der Waals surface area contributed by atoms with Gasteiger partial charge in [-0.2, -0.15) is 0 Å². The van der Waals surface area contributed by atoms with Gasteiger partial charge in [0.05, 0.1) is 5.69 Å². The number of carbonyl (C=O) groups is 3. The lowest BCUT2D eigenvalue weighted by Gasteiger charge is -2.18. The van der Waals surface area contributed by atoms with E-state index >= 15 is 0 Å². The highest BCUT2D eigenvalue weighted by Crippen LogP contribution is 2.27. The molecular formula is C19H20FNO3. The fraction of sp³-hybridized carbons (Fsp3) is 0.316. The van der Waals surface area contributed by atoms with Crippen LogP contribution in [0.5, 0.6) is 0 Å². The van der Waals surface area contributed by atoms with Crippen molar-refractivity contribution in [2.24, 2.45) is 0 Å². The molecule has 24 heavy (non-hydrogen) atoms. The molecule has 2 rings (SSSR count). The monoisotopic (exact) mass is 329 g/mol. The van der Waals surface area contributed by atoms with Gasteiger partial charge >= 0.3 is 0 Å². The molecule has 0 saturated carbocycles. The molecule has 0 radical (unpaired) electrons. The zero-order valence-electron chi connectivity index (χ0n) is 14.0. The number of Topliss-reactive ketones (excluding diaryl/α,β-unsaturated/α-hetero) is 2. The van der Waals surface area contributed by atoms with Gasteiger partial charge in [0, 0.05) is 28.7 Å². The highest BCUT2D eigenvalue weighted by Gasteiger charge is 2.27. The van der Waals surface area contributed by atoms with Crippen molar-refractivity contribution in [2.45, 2.75) is 40.0 Å².